The van der Waals surface area contributed by atoms with E-state index in [4.69, 9.17) is 0 Å². The summed E-state index contributed by atoms with van der Waals surface area (Å²) in [6, 6.07) is 1.11. The third-order valence-electron chi connectivity index (χ3n) is 3.78. The van der Waals surface area contributed by atoms with Gasteiger partial charge in [0.05, 0.1) is 0 Å². The van der Waals surface area contributed by atoms with E-state index in [2.05, 4.69) is 13.0 Å². The van der Waals surface area contributed by atoms with Crippen LogP contribution in [-0.4, -0.2) is 21.1 Å². The molecule has 126 valence electrons. The van der Waals surface area contributed by atoms with Gasteiger partial charge in [0.25, 0.3) is 0 Å². The molecular formula is C19H26O4. The fourth-order valence-electron chi connectivity index (χ4n) is 2.60. The molecule has 23 heavy (non-hydrogen) atoms. The molecule has 1 aromatic rings. The van der Waals surface area contributed by atoms with Gasteiger partial charge in [-0.25, -0.2) is 0 Å². The maximum absolute atomic E-state index is 11.8. The molecule has 4 nitrogen and oxygen atoms in total. The zero-order valence-corrected chi connectivity index (χ0v) is 14.3. The van der Waals surface area contributed by atoms with E-state index < -0.39 is 5.75 Å². The van der Waals surface area contributed by atoms with Crippen LogP contribution in [0.2, 0.25) is 0 Å². The molecule has 0 aliphatic heterocycles. The minimum absolute atomic E-state index is 0.117. The van der Waals surface area contributed by atoms with Crippen LogP contribution in [0.15, 0.2) is 29.9 Å². The maximum atomic E-state index is 11.8. The summed E-state index contributed by atoms with van der Waals surface area (Å²) in [6.07, 6.45) is 7.40. The Bertz CT molecular complexity index is 627. The molecule has 1 rings (SSSR count). The number of hydrogen-bond donors (Lipinski definition) is 3. The van der Waals surface area contributed by atoms with E-state index in [1.165, 1.54) is 0 Å². The first-order valence-corrected chi connectivity index (χ1v) is 7.90. The zero-order valence-electron chi connectivity index (χ0n) is 14.3. The lowest BCUT2D eigenvalue weighted by molar-refractivity contribution is 0.0982. The highest BCUT2D eigenvalue weighted by atomic mass is 16.3. The molecule has 0 aliphatic carbocycles. The molecule has 0 saturated heterocycles. The Kier molecular flexibility index (Phi) is 6.89. The number of aromatic hydroxyl groups is 3. The fraction of sp³-hybridized carbons (Fsp3) is 0.421. The van der Waals surface area contributed by atoms with Crippen LogP contribution < -0.4 is 0 Å². The average Bonchev–Trinajstić information content (AvgIpc) is 2.46. The Morgan fingerprint density at radius 3 is 2.48 bits per heavy atom. The summed E-state index contributed by atoms with van der Waals surface area (Å²) >= 11 is 0. The minimum Gasteiger partial charge on any atom is -0.507 e. The van der Waals surface area contributed by atoms with Crippen molar-refractivity contribution in [2.24, 2.45) is 5.92 Å². The lowest BCUT2D eigenvalue weighted by Gasteiger charge is -2.12. The zero-order chi connectivity index (χ0) is 17.6. The standard InChI is InChI=1S/C19H26O4/c1-5-7-12(3)10-13(4)8-9-14-16(21)11-17(22)18(19(14)23)15(20)6-2/h5,7-8,11-12,21-23H,6,9-10H2,1-4H3/b7-5+,13-8+. The number of phenolic OH excluding ortho intramolecular Hbond substituents is 3. The van der Waals surface area contributed by atoms with E-state index >= 15 is 0 Å². The molecule has 0 bridgehead atoms. The van der Waals surface area contributed by atoms with E-state index in [0.29, 0.717) is 12.3 Å². The molecule has 3 N–H and O–H groups in total. The van der Waals surface area contributed by atoms with E-state index in [1.807, 2.05) is 26.0 Å². The molecule has 1 atom stereocenters. The molecule has 1 unspecified atom stereocenters. The van der Waals surface area contributed by atoms with Gasteiger partial charge in [-0.05, 0) is 32.6 Å². The van der Waals surface area contributed by atoms with Crippen LogP contribution in [0.5, 0.6) is 17.2 Å². The van der Waals surface area contributed by atoms with Crippen molar-refractivity contribution < 1.29 is 20.1 Å². The van der Waals surface area contributed by atoms with Crippen LogP contribution >= 0.6 is 0 Å². The fourth-order valence-corrected chi connectivity index (χ4v) is 2.60. The summed E-state index contributed by atoms with van der Waals surface area (Å²) in [5.74, 6) is -0.879. The van der Waals surface area contributed by atoms with Gasteiger partial charge in [-0.15, -0.1) is 0 Å². The van der Waals surface area contributed by atoms with E-state index in [1.54, 1.807) is 6.92 Å². The molecule has 0 aromatic heterocycles. The van der Waals surface area contributed by atoms with E-state index in [9.17, 15) is 20.1 Å². The lowest BCUT2D eigenvalue weighted by Crippen LogP contribution is -2.01. The van der Waals surface area contributed by atoms with Gasteiger partial charge in [-0.2, -0.15) is 0 Å². The Labute approximate surface area is 137 Å². The van der Waals surface area contributed by atoms with Gasteiger partial charge in [0, 0.05) is 18.1 Å². The highest BCUT2D eigenvalue weighted by Crippen LogP contribution is 2.38. The first-order chi connectivity index (χ1) is 10.8. The molecule has 4 heteroatoms. The Hall–Kier alpha value is -2.23. The smallest absolute Gasteiger partial charge is 0.170 e. The summed E-state index contributed by atoms with van der Waals surface area (Å²) in [5.41, 5.74) is 1.28. The van der Waals surface area contributed by atoms with Crippen LogP contribution in [0.25, 0.3) is 0 Å². The number of ketones is 1. The minimum atomic E-state index is -0.391. The summed E-state index contributed by atoms with van der Waals surface area (Å²) in [4.78, 5) is 11.8. The van der Waals surface area contributed by atoms with Crippen molar-refractivity contribution >= 4 is 5.78 Å². The average molecular weight is 318 g/mol. The van der Waals surface area contributed by atoms with Crippen LogP contribution in [0, 0.1) is 5.92 Å². The number of Topliss-reactive ketones (excluding diaryl/α,β-unsaturated/α-hetero) is 1. The second-order valence-corrected chi connectivity index (χ2v) is 5.86. The predicted molar refractivity (Wildman–Crippen MR) is 92.1 cm³/mol. The molecule has 0 radical (unpaired) electrons. The molecule has 0 fully saturated rings. The highest BCUT2D eigenvalue weighted by Gasteiger charge is 2.21. The first-order valence-electron chi connectivity index (χ1n) is 7.90. The maximum Gasteiger partial charge on any atom is 0.170 e. The normalized spacial score (nSPS) is 13.5. The number of carbonyl (C=O) groups is 1. The second kappa shape index (κ2) is 8.42. The number of phenols is 3. The van der Waals surface area contributed by atoms with Crippen molar-refractivity contribution in [3.63, 3.8) is 0 Å². The quantitative estimate of drug-likeness (QED) is 0.511. The Morgan fingerprint density at radius 2 is 1.91 bits per heavy atom. The third kappa shape index (κ3) is 4.88. The van der Waals surface area contributed by atoms with Crippen LogP contribution in [0.1, 0.15) is 56.5 Å². The number of carbonyl (C=O) groups excluding carboxylic acids is 1. The van der Waals surface area contributed by atoms with Crippen LogP contribution in [0.4, 0.5) is 0 Å². The SMILES string of the molecule is C/C=C/C(C)C/C(C)=C/Cc1c(O)cc(O)c(C(=O)CC)c1O. The van der Waals surface area contributed by atoms with E-state index in [0.717, 1.165) is 18.1 Å². The Balaban J connectivity index is 3.07. The number of rotatable bonds is 7. The Morgan fingerprint density at radius 1 is 1.26 bits per heavy atom. The van der Waals surface area contributed by atoms with Crippen molar-refractivity contribution in [1.82, 2.24) is 0 Å². The van der Waals surface area contributed by atoms with E-state index in [-0.39, 0.29) is 34.8 Å². The number of allylic oxidation sites excluding steroid dienone is 4. The number of benzene rings is 1. The largest absolute Gasteiger partial charge is 0.507 e. The molecular weight excluding hydrogens is 292 g/mol. The van der Waals surface area contributed by atoms with Gasteiger partial charge in [-0.1, -0.05) is 37.6 Å². The van der Waals surface area contributed by atoms with Gasteiger partial charge in [0.1, 0.15) is 22.8 Å². The lowest BCUT2D eigenvalue weighted by atomic mass is 9.97. The van der Waals surface area contributed by atoms with Crippen molar-refractivity contribution in [2.75, 3.05) is 0 Å². The van der Waals surface area contributed by atoms with Gasteiger partial charge in [-0.3, -0.25) is 4.79 Å². The molecule has 1 aromatic carbocycles. The topological polar surface area (TPSA) is 77.8 Å². The van der Waals surface area contributed by atoms with Gasteiger partial charge < -0.3 is 15.3 Å². The molecule has 0 aliphatic rings. The summed E-state index contributed by atoms with van der Waals surface area (Å²) < 4.78 is 0. The van der Waals surface area contributed by atoms with Gasteiger partial charge >= 0.3 is 0 Å². The molecule has 0 saturated carbocycles. The molecule has 0 amide bonds. The number of hydrogen-bond acceptors (Lipinski definition) is 4. The van der Waals surface area contributed by atoms with Crippen LogP contribution in [0.3, 0.4) is 0 Å². The van der Waals surface area contributed by atoms with Crippen molar-refractivity contribution in [1.29, 1.82) is 0 Å². The third-order valence-corrected chi connectivity index (χ3v) is 3.78. The monoisotopic (exact) mass is 318 g/mol. The predicted octanol–water partition coefficient (Wildman–Crippen LogP) is 4.49. The van der Waals surface area contributed by atoms with Crippen molar-refractivity contribution in [3.05, 3.63) is 41.0 Å². The molecule has 0 spiro atoms. The van der Waals surface area contributed by atoms with Gasteiger partial charge in [0.2, 0.25) is 0 Å². The summed E-state index contributed by atoms with van der Waals surface area (Å²) in [7, 11) is 0. The van der Waals surface area contributed by atoms with Gasteiger partial charge in [0.15, 0.2) is 5.78 Å². The molecule has 0 heterocycles. The summed E-state index contributed by atoms with van der Waals surface area (Å²) in [5, 5.41) is 30.0. The van der Waals surface area contributed by atoms with Crippen LogP contribution in [-0.2, 0) is 6.42 Å². The first kappa shape index (κ1) is 18.8. The van der Waals surface area contributed by atoms with Crippen molar-refractivity contribution in [2.45, 2.75) is 47.0 Å². The highest BCUT2D eigenvalue weighted by molar-refractivity contribution is 6.01. The van der Waals surface area contributed by atoms with Crippen molar-refractivity contribution in [3.8, 4) is 17.2 Å². The second-order valence-electron chi connectivity index (χ2n) is 5.86. The summed E-state index contributed by atoms with van der Waals surface area (Å²) in [6.45, 7) is 7.74.